The summed E-state index contributed by atoms with van der Waals surface area (Å²) < 4.78 is 0. The summed E-state index contributed by atoms with van der Waals surface area (Å²) in [7, 11) is 0. The van der Waals surface area contributed by atoms with E-state index in [1.807, 2.05) is 0 Å². The smallest absolute Gasteiger partial charge is 0.327 e. The largest absolute Gasteiger partial charge is 0.478 e. The van der Waals surface area contributed by atoms with Gasteiger partial charge in [-0.15, -0.1) is 0 Å². The normalized spacial score (nSPS) is 8.14. The number of hydrogen-bond acceptors (Lipinski definition) is 1. The SMILES string of the molecule is CC=CC(=O)O.[Tl]. The average molecular weight is 290 g/mol. The van der Waals surface area contributed by atoms with Crippen LogP contribution < -0.4 is 0 Å². The summed E-state index contributed by atoms with van der Waals surface area (Å²) in [4.78, 5) is 9.51. The van der Waals surface area contributed by atoms with Crippen molar-refractivity contribution < 1.29 is 9.90 Å². The minimum Gasteiger partial charge on any atom is -0.478 e. The molecule has 0 unspecified atom stereocenters. The van der Waals surface area contributed by atoms with E-state index in [1.54, 1.807) is 6.92 Å². The molecule has 1 N–H and O–H groups in total. The predicted molar refractivity (Wildman–Crippen MR) is 28.2 cm³/mol. The molecule has 0 aliphatic rings. The van der Waals surface area contributed by atoms with Crippen molar-refractivity contribution in [3.63, 3.8) is 0 Å². The van der Waals surface area contributed by atoms with Gasteiger partial charge in [0.2, 0.25) is 0 Å². The second kappa shape index (κ2) is 6.13. The van der Waals surface area contributed by atoms with Gasteiger partial charge in [0, 0.05) is 33.4 Å². The van der Waals surface area contributed by atoms with Gasteiger partial charge < -0.3 is 5.11 Å². The second-order valence-electron chi connectivity index (χ2n) is 0.838. The number of rotatable bonds is 1. The van der Waals surface area contributed by atoms with Gasteiger partial charge in [-0.3, -0.25) is 0 Å². The van der Waals surface area contributed by atoms with Crippen LogP contribution in [0.3, 0.4) is 0 Å². The molecule has 0 amide bonds. The molecular formula is C4H6O2Tl. The summed E-state index contributed by atoms with van der Waals surface area (Å²) in [6, 6.07) is 0. The summed E-state index contributed by atoms with van der Waals surface area (Å²) in [6.07, 6.45) is 2.56. The minimum absolute atomic E-state index is 0. The molecular weight excluding hydrogens is 284 g/mol. The molecule has 0 aromatic rings. The van der Waals surface area contributed by atoms with E-state index in [4.69, 9.17) is 5.11 Å². The zero-order valence-electron chi connectivity index (χ0n) is 4.09. The van der Waals surface area contributed by atoms with Crippen LogP contribution in [0.1, 0.15) is 6.92 Å². The zero-order valence-corrected chi connectivity index (χ0v) is 8.58. The molecule has 0 saturated carbocycles. The predicted octanol–water partition coefficient (Wildman–Crippen LogP) is 0.266. The van der Waals surface area contributed by atoms with Crippen LogP contribution >= 0.6 is 0 Å². The van der Waals surface area contributed by atoms with Crippen LogP contribution in [0.4, 0.5) is 0 Å². The van der Waals surface area contributed by atoms with Gasteiger partial charge in [-0.2, -0.15) is 0 Å². The van der Waals surface area contributed by atoms with Crippen molar-refractivity contribution in [2.75, 3.05) is 0 Å². The molecule has 0 bridgehead atoms. The van der Waals surface area contributed by atoms with Gasteiger partial charge in [0.25, 0.3) is 0 Å². The quantitative estimate of drug-likeness (QED) is 0.556. The van der Waals surface area contributed by atoms with E-state index in [2.05, 4.69) is 0 Å². The number of hydrogen-bond donors (Lipinski definition) is 1. The molecule has 0 aromatic heterocycles. The van der Waals surface area contributed by atoms with E-state index in [9.17, 15) is 4.79 Å². The van der Waals surface area contributed by atoms with Crippen molar-refractivity contribution in [3.8, 4) is 0 Å². The van der Waals surface area contributed by atoms with E-state index in [0.29, 0.717) is 0 Å². The summed E-state index contributed by atoms with van der Waals surface area (Å²) in [5.41, 5.74) is 0. The first-order chi connectivity index (χ1) is 2.77. The Morgan fingerprint density at radius 2 is 2.14 bits per heavy atom. The Labute approximate surface area is 62.4 Å². The fourth-order valence-electron chi connectivity index (χ4n) is 0.143. The van der Waals surface area contributed by atoms with Crippen molar-refractivity contribution in [3.05, 3.63) is 12.2 Å². The molecule has 0 aliphatic carbocycles. The topological polar surface area (TPSA) is 37.3 Å². The van der Waals surface area contributed by atoms with Crippen molar-refractivity contribution in [2.24, 2.45) is 0 Å². The van der Waals surface area contributed by atoms with Gasteiger partial charge >= 0.3 is 5.97 Å². The Morgan fingerprint density at radius 1 is 1.71 bits per heavy atom. The van der Waals surface area contributed by atoms with Crippen molar-refractivity contribution >= 4 is 33.3 Å². The third kappa shape index (κ3) is 10.7. The summed E-state index contributed by atoms with van der Waals surface area (Å²) in [6.45, 7) is 1.66. The van der Waals surface area contributed by atoms with Crippen LogP contribution in [-0.2, 0) is 4.79 Å². The fraction of sp³-hybridized carbons (Fsp3) is 0.250. The summed E-state index contributed by atoms with van der Waals surface area (Å²) in [5.74, 6) is -0.891. The first-order valence-electron chi connectivity index (χ1n) is 1.63. The number of aliphatic carboxylic acids is 1. The summed E-state index contributed by atoms with van der Waals surface area (Å²) in [5, 5.41) is 7.83. The van der Waals surface area contributed by atoms with Gasteiger partial charge in [-0.25, -0.2) is 4.79 Å². The van der Waals surface area contributed by atoms with Gasteiger partial charge in [-0.05, 0) is 6.92 Å². The zero-order chi connectivity index (χ0) is 4.99. The number of carboxylic acid groups (broad SMARTS) is 1. The van der Waals surface area contributed by atoms with E-state index in [1.165, 1.54) is 6.08 Å². The van der Waals surface area contributed by atoms with E-state index in [-0.39, 0.29) is 27.3 Å². The van der Waals surface area contributed by atoms with Crippen LogP contribution in [0.25, 0.3) is 0 Å². The van der Waals surface area contributed by atoms with E-state index >= 15 is 0 Å². The maximum absolute atomic E-state index is 9.51. The number of carboxylic acids is 1. The van der Waals surface area contributed by atoms with Gasteiger partial charge in [0.05, 0.1) is 0 Å². The molecule has 7 heavy (non-hydrogen) atoms. The maximum Gasteiger partial charge on any atom is 0.327 e. The molecule has 3 heteroatoms. The van der Waals surface area contributed by atoms with Gasteiger partial charge in [-0.1, -0.05) is 6.08 Å². The molecule has 0 atom stereocenters. The monoisotopic (exact) mass is 291 g/mol. The van der Waals surface area contributed by atoms with Crippen molar-refractivity contribution in [1.82, 2.24) is 0 Å². The third-order valence-electron chi connectivity index (χ3n) is 0.309. The van der Waals surface area contributed by atoms with Gasteiger partial charge in [0.1, 0.15) is 0 Å². The van der Waals surface area contributed by atoms with E-state index in [0.717, 1.165) is 6.08 Å². The Kier molecular flexibility index (Phi) is 8.92. The molecule has 0 rings (SSSR count). The Balaban J connectivity index is 0. The molecule has 37 valence electrons. The summed E-state index contributed by atoms with van der Waals surface area (Å²) >= 11 is 0. The first kappa shape index (κ1) is 10.2. The number of carbonyl (C=O) groups is 1. The standard InChI is InChI=1S/C4H6O2.Tl/c1-2-3-4(5)6;/h2-3H,1H3,(H,5,6);. The third-order valence-corrected chi connectivity index (χ3v) is 0.309. The molecule has 1 radical (unpaired) electrons. The maximum atomic E-state index is 9.51. The van der Waals surface area contributed by atoms with Crippen LogP contribution in [0.5, 0.6) is 0 Å². The van der Waals surface area contributed by atoms with Crippen LogP contribution in [0.15, 0.2) is 12.2 Å². The molecule has 0 fully saturated rings. The minimum atomic E-state index is -0.891. The molecule has 0 aromatic carbocycles. The van der Waals surface area contributed by atoms with Crippen LogP contribution in [0, 0.1) is 0 Å². The van der Waals surface area contributed by atoms with Crippen LogP contribution in [-0.4, -0.2) is 38.4 Å². The fourth-order valence-corrected chi connectivity index (χ4v) is 0.143. The Hall–Kier alpha value is 0.132. The Morgan fingerprint density at radius 3 is 2.14 bits per heavy atom. The van der Waals surface area contributed by atoms with Gasteiger partial charge in [0.15, 0.2) is 0 Å². The molecule has 2 nitrogen and oxygen atoms in total. The van der Waals surface area contributed by atoms with E-state index < -0.39 is 5.97 Å². The molecule has 0 heterocycles. The second-order valence-corrected chi connectivity index (χ2v) is 0.838. The Bertz CT molecular complexity index is 77.8. The average Bonchev–Trinajstić information content (AvgIpc) is 1.35. The van der Waals surface area contributed by atoms with Crippen molar-refractivity contribution in [2.45, 2.75) is 6.92 Å². The van der Waals surface area contributed by atoms with Crippen molar-refractivity contribution in [1.29, 1.82) is 0 Å². The first-order valence-corrected chi connectivity index (χ1v) is 1.63. The molecule has 0 saturated heterocycles. The number of allylic oxidation sites excluding steroid dienone is 1. The molecule has 0 spiro atoms. The molecule has 0 aliphatic heterocycles. The van der Waals surface area contributed by atoms with Crippen LogP contribution in [0.2, 0.25) is 0 Å².